The Morgan fingerprint density at radius 3 is 2.47 bits per heavy atom. The molecule has 0 aliphatic rings. The van der Waals surface area contributed by atoms with E-state index >= 15 is 0 Å². The summed E-state index contributed by atoms with van der Waals surface area (Å²) >= 11 is 11.6. The predicted octanol–water partition coefficient (Wildman–Crippen LogP) is 3.50. The van der Waals surface area contributed by atoms with Gasteiger partial charge in [-0.05, 0) is 37.3 Å². The molecular formula is C12H10Cl2N2O2S. The first-order valence-electron chi connectivity index (χ1n) is 5.29. The predicted molar refractivity (Wildman–Crippen MR) is 76.2 cm³/mol. The topological polar surface area (TPSA) is 59.1 Å². The molecule has 2 aromatic rings. The molecule has 1 heterocycles. The maximum atomic E-state index is 12.1. The summed E-state index contributed by atoms with van der Waals surface area (Å²) in [5.41, 5.74) is 1.16. The monoisotopic (exact) mass is 316 g/mol. The molecule has 0 spiro atoms. The van der Waals surface area contributed by atoms with Gasteiger partial charge in [-0.3, -0.25) is 9.71 Å². The molecule has 0 atom stereocenters. The molecule has 4 nitrogen and oxygen atoms in total. The first kappa shape index (κ1) is 14.1. The molecule has 0 bridgehead atoms. The van der Waals surface area contributed by atoms with E-state index in [9.17, 15) is 8.42 Å². The normalized spacial score (nSPS) is 11.3. The summed E-state index contributed by atoms with van der Waals surface area (Å²) < 4.78 is 26.7. The summed E-state index contributed by atoms with van der Waals surface area (Å²) in [5.74, 6) is 0. The molecule has 0 aliphatic carbocycles. The average Bonchev–Trinajstić information content (AvgIpc) is 2.32. The second kappa shape index (κ2) is 5.36. The van der Waals surface area contributed by atoms with Crippen LogP contribution >= 0.6 is 23.2 Å². The van der Waals surface area contributed by atoms with Crippen molar-refractivity contribution in [1.82, 2.24) is 4.98 Å². The Morgan fingerprint density at radius 2 is 1.84 bits per heavy atom. The zero-order valence-corrected chi connectivity index (χ0v) is 12.2. The van der Waals surface area contributed by atoms with Crippen LogP contribution < -0.4 is 4.72 Å². The molecule has 0 unspecified atom stereocenters. The van der Waals surface area contributed by atoms with Crippen molar-refractivity contribution in [3.8, 4) is 0 Å². The highest BCUT2D eigenvalue weighted by Gasteiger charge is 2.15. The van der Waals surface area contributed by atoms with E-state index in [1.807, 2.05) is 0 Å². The molecule has 0 radical (unpaired) electrons. The second-order valence-corrected chi connectivity index (χ2v) is 6.36. The molecule has 0 fully saturated rings. The number of anilines is 1. The lowest BCUT2D eigenvalue weighted by Gasteiger charge is -2.09. The number of sulfonamides is 1. The molecule has 19 heavy (non-hydrogen) atoms. The lowest BCUT2D eigenvalue weighted by molar-refractivity contribution is 0.601. The van der Waals surface area contributed by atoms with Gasteiger partial charge in [-0.25, -0.2) is 8.42 Å². The number of benzene rings is 1. The van der Waals surface area contributed by atoms with E-state index in [-0.39, 0.29) is 9.92 Å². The van der Waals surface area contributed by atoms with Crippen molar-refractivity contribution in [2.24, 2.45) is 0 Å². The molecule has 7 heteroatoms. The largest absolute Gasteiger partial charge is 0.280 e. The highest BCUT2D eigenvalue weighted by Crippen LogP contribution is 2.25. The van der Waals surface area contributed by atoms with Crippen LogP contribution in [-0.4, -0.2) is 13.4 Å². The van der Waals surface area contributed by atoms with E-state index in [4.69, 9.17) is 23.2 Å². The lowest BCUT2D eigenvalue weighted by Crippen LogP contribution is -2.13. The minimum absolute atomic E-state index is 0.0522. The fourth-order valence-electron chi connectivity index (χ4n) is 1.47. The molecule has 0 saturated heterocycles. The third-order valence-corrected chi connectivity index (χ3v) is 4.47. The second-order valence-electron chi connectivity index (χ2n) is 3.87. The Kier molecular flexibility index (Phi) is 3.99. The first-order chi connectivity index (χ1) is 8.88. The van der Waals surface area contributed by atoms with E-state index < -0.39 is 10.0 Å². The number of aromatic nitrogens is 1. The smallest absolute Gasteiger partial charge is 0.261 e. The molecule has 0 aliphatic heterocycles. The van der Waals surface area contributed by atoms with E-state index in [1.54, 1.807) is 19.1 Å². The zero-order valence-electron chi connectivity index (χ0n) is 9.89. The van der Waals surface area contributed by atoms with Crippen LogP contribution in [0.4, 0.5) is 5.69 Å². The number of hydrogen-bond acceptors (Lipinski definition) is 3. The van der Waals surface area contributed by atoms with Crippen molar-refractivity contribution in [3.63, 3.8) is 0 Å². The summed E-state index contributed by atoms with van der Waals surface area (Å²) in [6, 6.07) is 7.35. The van der Waals surface area contributed by atoms with Gasteiger partial charge in [-0.2, -0.15) is 0 Å². The highest BCUT2D eigenvalue weighted by atomic mass is 35.5. The van der Waals surface area contributed by atoms with Crippen LogP contribution in [0.2, 0.25) is 10.0 Å². The minimum atomic E-state index is -3.69. The van der Waals surface area contributed by atoms with Gasteiger partial charge in [0.2, 0.25) is 0 Å². The van der Waals surface area contributed by atoms with Crippen LogP contribution in [0.25, 0.3) is 0 Å². The molecule has 2 rings (SSSR count). The number of aryl methyl sites for hydroxylation is 1. The van der Waals surface area contributed by atoms with Crippen molar-refractivity contribution >= 4 is 38.9 Å². The van der Waals surface area contributed by atoms with Crippen LogP contribution in [0.1, 0.15) is 5.69 Å². The van der Waals surface area contributed by atoms with E-state index in [2.05, 4.69) is 9.71 Å². The standard InChI is InChI=1S/C12H10Cl2N2O2S/c1-8-6-9(4-5-15-8)16-19(17,18)10-2-3-11(13)12(14)7-10/h2-7H,1H3,(H,15,16). The number of nitrogens with zero attached hydrogens (tertiary/aromatic N) is 1. The van der Waals surface area contributed by atoms with Crippen LogP contribution in [-0.2, 0) is 10.0 Å². The third-order valence-electron chi connectivity index (χ3n) is 2.35. The van der Waals surface area contributed by atoms with Crippen molar-refractivity contribution in [3.05, 3.63) is 52.3 Å². The molecule has 0 saturated carbocycles. The summed E-state index contributed by atoms with van der Waals surface area (Å²) in [5, 5.41) is 0.496. The van der Waals surface area contributed by atoms with Gasteiger partial charge in [0.15, 0.2) is 0 Å². The Bertz CT molecular complexity index is 717. The molecule has 1 N–H and O–H groups in total. The van der Waals surface area contributed by atoms with Gasteiger partial charge in [-0.15, -0.1) is 0 Å². The van der Waals surface area contributed by atoms with E-state index in [0.717, 1.165) is 0 Å². The summed E-state index contributed by atoms with van der Waals surface area (Å²) in [6.07, 6.45) is 1.53. The van der Waals surface area contributed by atoms with Gasteiger partial charge < -0.3 is 0 Å². The van der Waals surface area contributed by atoms with Gasteiger partial charge in [0, 0.05) is 11.9 Å². The fraction of sp³-hybridized carbons (Fsp3) is 0.0833. The van der Waals surface area contributed by atoms with Gasteiger partial charge in [0.05, 0.1) is 20.6 Å². The van der Waals surface area contributed by atoms with Gasteiger partial charge in [0.25, 0.3) is 10.0 Å². The quantitative estimate of drug-likeness (QED) is 0.942. The van der Waals surface area contributed by atoms with Crippen molar-refractivity contribution < 1.29 is 8.42 Å². The molecule has 0 amide bonds. The number of hydrogen-bond donors (Lipinski definition) is 1. The zero-order chi connectivity index (χ0) is 14.0. The fourth-order valence-corrected chi connectivity index (χ4v) is 2.91. The van der Waals surface area contributed by atoms with Crippen LogP contribution in [0.15, 0.2) is 41.4 Å². The number of nitrogens with one attached hydrogen (secondary N) is 1. The molecule has 1 aromatic carbocycles. The van der Waals surface area contributed by atoms with Crippen molar-refractivity contribution in [1.29, 1.82) is 0 Å². The Labute approximate surface area is 121 Å². The Morgan fingerprint density at radius 1 is 1.11 bits per heavy atom. The minimum Gasteiger partial charge on any atom is -0.280 e. The SMILES string of the molecule is Cc1cc(NS(=O)(=O)c2ccc(Cl)c(Cl)c2)ccn1. The number of halogens is 2. The van der Waals surface area contributed by atoms with Gasteiger partial charge in [-0.1, -0.05) is 23.2 Å². The van der Waals surface area contributed by atoms with Crippen molar-refractivity contribution in [2.75, 3.05) is 4.72 Å². The molecule has 100 valence electrons. The maximum absolute atomic E-state index is 12.1. The van der Waals surface area contributed by atoms with Crippen LogP contribution in [0.5, 0.6) is 0 Å². The third kappa shape index (κ3) is 3.37. The summed E-state index contributed by atoms with van der Waals surface area (Å²) in [7, 11) is -3.69. The Balaban J connectivity index is 2.35. The molecule has 1 aromatic heterocycles. The van der Waals surface area contributed by atoms with E-state index in [1.165, 1.54) is 24.4 Å². The first-order valence-corrected chi connectivity index (χ1v) is 7.53. The summed E-state index contributed by atoms with van der Waals surface area (Å²) in [4.78, 5) is 4.05. The van der Waals surface area contributed by atoms with Crippen LogP contribution in [0, 0.1) is 6.92 Å². The highest BCUT2D eigenvalue weighted by molar-refractivity contribution is 7.92. The van der Waals surface area contributed by atoms with Crippen LogP contribution in [0.3, 0.4) is 0 Å². The van der Waals surface area contributed by atoms with Crippen molar-refractivity contribution in [2.45, 2.75) is 11.8 Å². The van der Waals surface area contributed by atoms with Gasteiger partial charge >= 0.3 is 0 Å². The molecular weight excluding hydrogens is 307 g/mol. The average molecular weight is 317 g/mol. The maximum Gasteiger partial charge on any atom is 0.261 e. The van der Waals surface area contributed by atoms with E-state index in [0.29, 0.717) is 16.4 Å². The Hall–Kier alpha value is -1.30. The number of pyridine rings is 1. The van der Waals surface area contributed by atoms with Gasteiger partial charge in [0.1, 0.15) is 0 Å². The lowest BCUT2D eigenvalue weighted by atomic mass is 10.3. The summed E-state index contributed by atoms with van der Waals surface area (Å²) in [6.45, 7) is 1.77. The number of rotatable bonds is 3.